The standard InChI is InChI=1S/C13H20N2/c1-3-13(4-2)9-15(10-13)12-8-6-5-7-11(12)14/h5-8H,3-4,9-10,14H2,1-2H3. The highest BCUT2D eigenvalue weighted by Crippen LogP contribution is 2.41. The largest absolute Gasteiger partial charge is 0.397 e. The summed E-state index contributed by atoms with van der Waals surface area (Å²) >= 11 is 0. The normalized spacial score (nSPS) is 18.7. The molecular formula is C13H20N2. The summed E-state index contributed by atoms with van der Waals surface area (Å²) in [5, 5.41) is 0. The number of para-hydroxylation sites is 2. The lowest BCUT2D eigenvalue weighted by molar-refractivity contribution is 0.195. The molecule has 0 atom stereocenters. The zero-order valence-corrected chi connectivity index (χ0v) is 9.66. The Kier molecular flexibility index (Phi) is 2.59. The minimum absolute atomic E-state index is 0.544. The molecule has 1 fully saturated rings. The SMILES string of the molecule is CCC1(CC)CN(c2ccccc2N)C1. The van der Waals surface area contributed by atoms with Gasteiger partial charge in [0.25, 0.3) is 0 Å². The molecule has 2 nitrogen and oxygen atoms in total. The number of hydrogen-bond donors (Lipinski definition) is 1. The molecule has 1 saturated heterocycles. The van der Waals surface area contributed by atoms with Gasteiger partial charge in [0, 0.05) is 18.5 Å². The van der Waals surface area contributed by atoms with Crippen molar-refractivity contribution in [2.75, 3.05) is 23.7 Å². The number of nitrogens with zero attached hydrogens (tertiary/aromatic N) is 1. The second kappa shape index (κ2) is 3.76. The van der Waals surface area contributed by atoms with Gasteiger partial charge in [0.2, 0.25) is 0 Å². The van der Waals surface area contributed by atoms with Gasteiger partial charge in [0.15, 0.2) is 0 Å². The van der Waals surface area contributed by atoms with Crippen LogP contribution in [0.2, 0.25) is 0 Å². The summed E-state index contributed by atoms with van der Waals surface area (Å²) in [6.07, 6.45) is 2.54. The molecule has 0 aliphatic carbocycles. The average Bonchev–Trinajstić information content (AvgIpc) is 2.20. The van der Waals surface area contributed by atoms with Crippen molar-refractivity contribution in [2.45, 2.75) is 26.7 Å². The number of rotatable bonds is 3. The van der Waals surface area contributed by atoms with Crippen molar-refractivity contribution < 1.29 is 0 Å². The van der Waals surface area contributed by atoms with Gasteiger partial charge in [-0.3, -0.25) is 0 Å². The van der Waals surface area contributed by atoms with Crippen LogP contribution in [0.1, 0.15) is 26.7 Å². The number of hydrogen-bond acceptors (Lipinski definition) is 2. The van der Waals surface area contributed by atoms with Gasteiger partial charge in [-0.15, -0.1) is 0 Å². The number of nitrogen functional groups attached to an aromatic ring is 1. The van der Waals surface area contributed by atoms with Crippen LogP contribution in [0.5, 0.6) is 0 Å². The molecule has 1 aliphatic rings. The predicted octanol–water partition coefficient (Wildman–Crippen LogP) is 2.90. The Hall–Kier alpha value is -1.18. The van der Waals surface area contributed by atoms with Gasteiger partial charge >= 0.3 is 0 Å². The van der Waals surface area contributed by atoms with Crippen LogP contribution in [0.4, 0.5) is 11.4 Å². The van der Waals surface area contributed by atoms with Crippen LogP contribution in [-0.4, -0.2) is 13.1 Å². The van der Waals surface area contributed by atoms with E-state index in [9.17, 15) is 0 Å². The Bertz CT molecular complexity index is 334. The molecule has 1 aliphatic heterocycles. The first-order valence-corrected chi connectivity index (χ1v) is 5.80. The molecule has 1 aromatic rings. The van der Waals surface area contributed by atoms with Crippen LogP contribution < -0.4 is 10.6 Å². The Balaban J connectivity index is 2.09. The molecule has 2 heteroatoms. The lowest BCUT2D eigenvalue weighted by Crippen LogP contribution is -2.56. The van der Waals surface area contributed by atoms with Crippen molar-refractivity contribution in [3.05, 3.63) is 24.3 Å². The third kappa shape index (κ3) is 1.69. The van der Waals surface area contributed by atoms with Crippen LogP contribution >= 0.6 is 0 Å². The number of anilines is 2. The molecule has 1 heterocycles. The molecule has 0 amide bonds. The second-order valence-electron chi connectivity index (χ2n) is 4.62. The van der Waals surface area contributed by atoms with Gasteiger partial charge in [0.05, 0.1) is 11.4 Å². The molecule has 0 saturated carbocycles. The van der Waals surface area contributed by atoms with E-state index in [0.29, 0.717) is 5.41 Å². The van der Waals surface area contributed by atoms with Gasteiger partial charge in [0.1, 0.15) is 0 Å². The Morgan fingerprint density at radius 3 is 2.33 bits per heavy atom. The summed E-state index contributed by atoms with van der Waals surface area (Å²) < 4.78 is 0. The third-order valence-electron chi connectivity index (χ3n) is 3.83. The maximum Gasteiger partial charge on any atom is 0.0600 e. The molecule has 82 valence electrons. The van der Waals surface area contributed by atoms with E-state index < -0.39 is 0 Å². The fourth-order valence-corrected chi connectivity index (χ4v) is 2.41. The lowest BCUT2D eigenvalue weighted by Gasteiger charge is -2.51. The van der Waals surface area contributed by atoms with Crippen LogP contribution in [0.25, 0.3) is 0 Å². The van der Waals surface area contributed by atoms with Gasteiger partial charge in [-0.25, -0.2) is 0 Å². The van der Waals surface area contributed by atoms with Crippen LogP contribution in [0, 0.1) is 5.41 Å². The van der Waals surface area contributed by atoms with Crippen molar-refractivity contribution in [3.63, 3.8) is 0 Å². The van der Waals surface area contributed by atoms with Crippen molar-refractivity contribution in [3.8, 4) is 0 Å². The summed E-state index contributed by atoms with van der Waals surface area (Å²) in [5.41, 5.74) is 8.61. The molecule has 2 rings (SSSR count). The van der Waals surface area contributed by atoms with Crippen molar-refractivity contribution in [2.24, 2.45) is 5.41 Å². The summed E-state index contributed by atoms with van der Waals surface area (Å²) in [4.78, 5) is 2.39. The first-order chi connectivity index (χ1) is 7.21. The molecular weight excluding hydrogens is 184 g/mol. The van der Waals surface area contributed by atoms with Gasteiger partial charge in [-0.2, -0.15) is 0 Å². The van der Waals surface area contributed by atoms with Gasteiger partial charge < -0.3 is 10.6 Å². The summed E-state index contributed by atoms with van der Waals surface area (Å²) in [7, 11) is 0. The summed E-state index contributed by atoms with van der Waals surface area (Å²) in [5.74, 6) is 0. The minimum Gasteiger partial charge on any atom is -0.397 e. The highest BCUT2D eigenvalue weighted by Gasteiger charge is 2.40. The zero-order valence-electron chi connectivity index (χ0n) is 9.66. The Morgan fingerprint density at radius 1 is 1.20 bits per heavy atom. The minimum atomic E-state index is 0.544. The van der Waals surface area contributed by atoms with E-state index in [1.54, 1.807) is 0 Å². The van der Waals surface area contributed by atoms with Crippen LogP contribution in [0.15, 0.2) is 24.3 Å². The van der Waals surface area contributed by atoms with E-state index >= 15 is 0 Å². The molecule has 1 aromatic carbocycles. The number of nitrogens with two attached hydrogens (primary N) is 1. The fraction of sp³-hybridized carbons (Fsp3) is 0.538. The van der Waals surface area contributed by atoms with Crippen molar-refractivity contribution in [1.82, 2.24) is 0 Å². The Labute approximate surface area is 92.1 Å². The Morgan fingerprint density at radius 2 is 1.80 bits per heavy atom. The van der Waals surface area contributed by atoms with E-state index in [1.807, 2.05) is 12.1 Å². The topological polar surface area (TPSA) is 29.3 Å². The quantitative estimate of drug-likeness (QED) is 0.767. The molecule has 0 unspecified atom stereocenters. The van der Waals surface area contributed by atoms with E-state index in [0.717, 1.165) is 18.8 Å². The maximum atomic E-state index is 5.96. The second-order valence-corrected chi connectivity index (χ2v) is 4.62. The van der Waals surface area contributed by atoms with E-state index in [4.69, 9.17) is 5.73 Å². The number of benzene rings is 1. The third-order valence-corrected chi connectivity index (χ3v) is 3.83. The van der Waals surface area contributed by atoms with Crippen LogP contribution in [0.3, 0.4) is 0 Å². The molecule has 0 radical (unpaired) electrons. The summed E-state index contributed by atoms with van der Waals surface area (Å²) in [6.45, 7) is 6.90. The van der Waals surface area contributed by atoms with Crippen LogP contribution in [-0.2, 0) is 0 Å². The van der Waals surface area contributed by atoms with Crippen molar-refractivity contribution >= 4 is 11.4 Å². The van der Waals surface area contributed by atoms with E-state index in [2.05, 4.69) is 30.9 Å². The molecule has 0 aromatic heterocycles. The lowest BCUT2D eigenvalue weighted by atomic mass is 9.75. The smallest absolute Gasteiger partial charge is 0.0600 e. The molecule has 0 spiro atoms. The van der Waals surface area contributed by atoms with E-state index in [-0.39, 0.29) is 0 Å². The molecule has 2 N–H and O–H groups in total. The summed E-state index contributed by atoms with van der Waals surface area (Å²) in [6, 6.07) is 8.15. The van der Waals surface area contributed by atoms with Gasteiger partial charge in [-0.1, -0.05) is 26.0 Å². The molecule has 15 heavy (non-hydrogen) atoms. The van der Waals surface area contributed by atoms with E-state index in [1.165, 1.54) is 18.5 Å². The maximum absolute atomic E-state index is 5.96. The van der Waals surface area contributed by atoms with Gasteiger partial charge in [-0.05, 0) is 25.0 Å². The monoisotopic (exact) mass is 204 g/mol. The van der Waals surface area contributed by atoms with Crippen molar-refractivity contribution in [1.29, 1.82) is 0 Å². The first kappa shape index (κ1) is 10.3. The fourth-order valence-electron chi connectivity index (χ4n) is 2.41. The average molecular weight is 204 g/mol. The predicted molar refractivity (Wildman–Crippen MR) is 66.1 cm³/mol. The highest BCUT2D eigenvalue weighted by molar-refractivity contribution is 5.68. The zero-order chi connectivity index (χ0) is 10.9. The highest BCUT2D eigenvalue weighted by atomic mass is 15.2. The molecule has 0 bridgehead atoms. The first-order valence-electron chi connectivity index (χ1n) is 5.80.